The van der Waals surface area contributed by atoms with Gasteiger partial charge in [-0.1, -0.05) is 149 Å². The van der Waals surface area contributed by atoms with Crippen LogP contribution in [0.4, 0.5) is 0 Å². The van der Waals surface area contributed by atoms with Gasteiger partial charge in [0.05, 0.1) is 6.04 Å². The van der Waals surface area contributed by atoms with Crippen molar-refractivity contribution in [2.75, 3.05) is 19.6 Å². The van der Waals surface area contributed by atoms with Crippen LogP contribution in [0.25, 0.3) is 0 Å². The minimum absolute atomic E-state index is 0.0103. The van der Waals surface area contributed by atoms with Crippen LogP contribution in [0.5, 0.6) is 0 Å². The first-order valence-electron chi connectivity index (χ1n) is 17.5. The Balaban J connectivity index is 5.04. The Kier molecular flexibility index (Phi) is 28.4. The third-order valence-electron chi connectivity index (χ3n) is 8.46. The molecule has 234 valence electrons. The first-order valence-corrected chi connectivity index (χ1v) is 17.5. The number of amides is 1. The van der Waals surface area contributed by atoms with Crippen LogP contribution in [-0.4, -0.2) is 37.1 Å². The topological polar surface area (TPSA) is 93.2 Å². The molecule has 0 saturated heterocycles. The van der Waals surface area contributed by atoms with E-state index in [4.69, 9.17) is 11.5 Å². The minimum atomic E-state index is -0.426. The quantitative estimate of drug-likeness (QED) is 0.0648. The molecular formula is C34H72N4O. The molecule has 0 rings (SSSR count). The summed E-state index contributed by atoms with van der Waals surface area (Å²) in [7, 11) is 0. The van der Waals surface area contributed by atoms with Crippen molar-refractivity contribution in [1.29, 1.82) is 0 Å². The molecule has 39 heavy (non-hydrogen) atoms. The predicted octanol–water partition coefficient (Wildman–Crippen LogP) is 8.53. The average molecular weight is 553 g/mol. The van der Waals surface area contributed by atoms with Crippen LogP contribution >= 0.6 is 0 Å². The number of rotatable bonds is 31. The van der Waals surface area contributed by atoms with Gasteiger partial charge in [-0.05, 0) is 45.2 Å². The molecule has 0 heterocycles. The van der Waals surface area contributed by atoms with Crippen molar-refractivity contribution in [3.05, 3.63) is 0 Å². The van der Waals surface area contributed by atoms with Crippen molar-refractivity contribution in [3.8, 4) is 0 Å². The maximum Gasteiger partial charge on any atom is 0.236 e. The zero-order chi connectivity index (χ0) is 28.9. The van der Waals surface area contributed by atoms with Gasteiger partial charge < -0.3 is 22.1 Å². The summed E-state index contributed by atoms with van der Waals surface area (Å²) >= 11 is 0. The molecule has 0 aromatic heterocycles. The molecule has 0 fully saturated rings. The average Bonchev–Trinajstić information content (AvgIpc) is 2.94. The van der Waals surface area contributed by atoms with Crippen molar-refractivity contribution >= 4 is 5.91 Å². The largest absolute Gasteiger partial charge is 0.353 e. The molecular weight excluding hydrogens is 480 g/mol. The lowest BCUT2D eigenvalue weighted by Gasteiger charge is -2.36. The van der Waals surface area contributed by atoms with Crippen LogP contribution in [0.1, 0.15) is 181 Å². The molecule has 1 amide bonds. The maximum absolute atomic E-state index is 12.9. The van der Waals surface area contributed by atoms with Gasteiger partial charge in [0.1, 0.15) is 0 Å². The molecule has 0 bridgehead atoms. The summed E-state index contributed by atoms with van der Waals surface area (Å²) in [6, 6.07) is -0.426. The summed E-state index contributed by atoms with van der Waals surface area (Å²) in [6.07, 6.45) is 31.3. The second-order valence-corrected chi connectivity index (χ2v) is 12.3. The van der Waals surface area contributed by atoms with Crippen molar-refractivity contribution in [2.45, 2.75) is 193 Å². The molecule has 0 aliphatic carbocycles. The van der Waals surface area contributed by atoms with Crippen molar-refractivity contribution in [1.82, 2.24) is 10.6 Å². The zero-order valence-electron chi connectivity index (χ0n) is 26.9. The van der Waals surface area contributed by atoms with Gasteiger partial charge in [-0.15, -0.1) is 0 Å². The second-order valence-electron chi connectivity index (χ2n) is 12.3. The number of hydrogen-bond acceptors (Lipinski definition) is 4. The van der Waals surface area contributed by atoms with Crippen LogP contribution in [0.15, 0.2) is 0 Å². The van der Waals surface area contributed by atoms with Gasteiger partial charge in [0.25, 0.3) is 0 Å². The highest BCUT2D eigenvalue weighted by molar-refractivity contribution is 5.81. The van der Waals surface area contributed by atoms with Crippen LogP contribution < -0.4 is 22.1 Å². The molecule has 0 aromatic rings. The van der Waals surface area contributed by atoms with E-state index in [1.807, 2.05) is 0 Å². The third kappa shape index (κ3) is 23.7. The van der Waals surface area contributed by atoms with Gasteiger partial charge in [0, 0.05) is 12.1 Å². The first-order chi connectivity index (χ1) is 19.0. The van der Waals surface area contributed by atoms with Gasteiger partial charge in [0.15, 0.2) is 0 Å². The Morgan fingerprint density at radius 2 is 1.05 bits per heavy atom. The monoisotopic (exact) mass is 553 g/mol. The molecule has 0 aliphatic heterocycles. The summed E-state index contributed by atoms with van der Waals surface area (Å²) in [6.45, 7) is 9.27. The molecule has 5 heteroatoms. The van der Waals surface area contributed by atoms with E-state index in [1.165, 1.54) is 128 Å². The standard InChI is InChI=1S/C34H72N4O/c1-4-7-10-13-16-17-20-25-30-38-34(27-22-18-14-11-8-5-2,28-23-19-15-12-9-6-3)31-37-33(39)32(36)26-21-24-29-35/h32,38H,4-31,35-36H2,1-3H3,(H,37,39)/t32-/m0/s1. The molecule has 6 N–H and O–H groups in total. The summed E-state index contributed by atoms with van der Waals surface area (Å²) in [5, 5.41) is 7.32. The van der Waals surface area contributed by atoms with E-state index in [0.717, 1.165) is 38.6 Å². The number of hydrogen-bond donors (Lipinski definition) is 4. The molecule has 0 aromatic carbocycles. The Labute approximate surface area is 245 Å². The van der Waals surface area contributed by atoms with E-state index in [2.05, 4.69) is 31.4 Å². The lowest BCUT2D eigenvalue weighted by molar-refractivity contribution is -0.122. The highest BCUT2D eigenvalue weighted by Gasteiger charge is 2.29. The van der Waals surface area contributed by atoms with Crippen LogP contribution in [0.2, 0.25) is 0 Å². The fourth-order valence-corrected chi connectivity index (χ4v) is 5.67. The smallest absolute Gasteiger partial charge is 0.236 e. The summed E-state index contributed by atoms with van der Waals surface area (Å²) < 4.78 is 0. The van der Waals surface area contributed by atoms with Crippen LogP contribution in [0.3, 0.4) is 0 Å². The van der Waals surface area contributed by atoms with E-state index in [1.54, 1.807) is 0 Å². The predicted molar refractivity (Wildman–Crippen MR) is 173 cm³/mol. The third-order valence-corrected chi connectivity index (χ3v) is 8.46. The van der Waals surface area contributed by atoms with Crippen molar-refractivity contribution in [2.24, 2.45) is 11.5 Å². The zero-order valence-corrected chi connectivity index (χ0v) is 26.9. The maximum atomic E-state index is 12.9. The van der Waals surface area contributed by atoms with Crippen LogP contribution in [0, 0.1) is 0 Å². The highest BCUT2D eigenvalue weighted by Crippen LogP contribution is 2.24. The highest BCUT2D eigenvalue weighted by atomic mass is 16.2. The summed E-state index contributed by atoms with van der Waals surface area (Å²) in [4.78, 5) is 12.9. The first kappa shape index (κ1) is 38.4. The van der Waals surface area contributed by atoms with Crippen molar-refractivity contribution in [3.63, 3.8) is 0 Å². The second kappa shape index (κ2) is 28.9. The number of nitrogens with one attached hydrogen (secondary N) is 2. The van der Waals surface area contributed by atoms with E-state index < -0.39 is 6.04 Å². The molecule has 0 unspecified atom stereocenters. The van der Waals surface area contributed by atoms with Gasteiger partial charge in [0.2, 0.25) is 5.91 Å². The Morgan fingerprint density at radius 3 is 1.51 bits per heavy atom. The van der Waals surface area contributed by atoms with Gasteiger partial charge >= 0.3 is 0 Å². The fourth-order valence-electron chi connectivity index (χ4n) is 5.67. The molecule has 0 saturated carbocycles. The molecule has 0 radical (unpaired) electrons. The van der Waals surface area contributed by atoms with Gasteiger partial charge in [-0.2, -0.15) is 0 Å². The van der Waals surface area contributed by atoms with E-state index in [9.17, 15) is 4.79 Å². The minimum Gasteiger partial charge on any atom is -0.353 e. The Morgan fingerprint density at radius 1 is 0.615 bits per heavy atom. The lowest BCUT2D eigenvalue weighted by atomic mass is 9.85. The Bertz CT molecular complexity index is 497. The number of carbonyl (C=O) groups is 1. The number of nitrogens with two attached hydrogens (primary N) is 2. The number of unbranched alkanes of at least 4 members (excludes halogenated alkanes) is 18. The summed E-state index contributed by atoms with van der Waals surface area (Å²) in [5.41, 5.74) is 11.9. The fraction of sp³-hybridized carbons (Fsp3) is 0.971. The molecule has 0 aliphatic rings. The van der Waals surface area contributed by atoms with Gasteiger partial charge in [-0.25, -0.2) is 0 Å². The lowest BCUT2D eigenvalue weighted by Crippen LogP contribution is -2.55. The van der Waals surface area contributed by atoms with E-state index in [0.29, 0.717) is 13.1 Å². The normalized spacial score (nSPS) is 12.6. The van der Waals surface area contributed by atoms with Gasteiger partial charge in [-0.3, -0.25) is 4.79 Å². The Hall–Kier alpha value is -0.650. The molecule has 5 nitrogen and oxygen atoms in total. The summed E-state index contributed by atoms with van der Waals surface area (Å²) in [5.74, 6) is 0.0103. The van der Waals surface area contributed by atoms with Crippen LogP contribution in [-0.2, 0) is 4.79 Å². The SMILES string of the molecule is CCCCCCCCCCNC(CCCCCCCC)(CCCCCCCC)CNC(=O)[C@@H](N)CCCCN. The molecule has 0 spiro atoms. The van der Waals surface area contributed by atoms with Crippen molar-refractivity contribution < 1.29 is 4.79 Å². The number of carbonyl (C=O) groups excluding carboxylic acids is 1. The van der Waals surface area contributed by atoms with E-state index >= 15 is 0 Å². The molecule has 1 atom stereocenters. The van der Waals surface area contributed by atoms with E-state index in [-0.39, 0.29) is 11.4 Å².